The summed E-state index contributed by atoms with van der Waals surface area (Å²) in [5.41, 5.74) is 2.71. The average molecular weight is 232 g/mol. The summed E-state index contributed by atoms with van der Waals surface area (Å²) in [6.07, 6.45) is 2.83. The Morgan fingerprint density at radius 3 is 2.47 bits per heavy atom. The van der Waals surface area contributed by atoms with Crippen LogP contribution in [-0.2, 0) is 0 Å². The van der Waals surface area contributed by atoms with Gasteiger partial charge in [-0.05, 0) is 49.9 Å². The van der Waals surface area contributed by atoms with Crippen LogP contribution >= 0.6 is 0 Å². The van der Waals surface area contributed by atoms with E-state index in [2.05, 4.69) is 55.4 Å². The Balaban J connectivity index is 1.96. The molecule has 1 aliphatic carbocycles. The van der Waals surface area contributed by atoms with E-state index in [1.54, 1.807) is 0 Å². The maximum absolute atomic E-state index is 3.44. The Morgan fingerprint density at radius 1 is 1.29 bits per heavy atom. The van der Waals surface area contributed by atoms with Gasteiger partial charge in [-0.15, -0.1) is 0 Å². The standard InChI is InChI=1S/C15H24N2/c1-4-16-12(2)14-7-9-15(10-8-14)17(3)11-13-5-6-13/h7-10,12-13,16H,4-6,11H2,1-3H3. The molecule has 1 atom stereocenters. The van der Waals surface area contributed by atoms with Gasteiger partial charge in [0.1, 0.15) is 0 Å². The van der Waals surface area contributed by atoms with Gasteiger partial charge in [0.2, 0.25) is 0 Å². The summed E-state index contributed by atoms with van der Waals surface area (Å²) >= 11 is 0. The van der Waals surface area contributed by atoms with E-state index in [0.29, 0.717) is 6.04 Å². The first kappa shape index (κ1) is 12.4. The SMILES string of the molecule is CCNC(C)c1ccc(N(C)CC2CC2)cc1. The molecule has 1 aliphatic rings. The highest BCUT2D eigenvalue weighted by Gasteiger charge is 2.22. The Kier molecular flexibility index (Phi) is 4.06. The normalized spacial score (nSPS) is 16.9. The molecule has 2 nitrogen and oxygen atoms in total. The summed E-state index contributed by atoms with van der Waals surface area (Å²) in [6, 6.07) is 9.41. The number of nitrogens with one attached hydrogen (secondary N) is 1. The van der Waals surface area contributed by atoms with E-state index in [1.807, 2.05) is 0 Å². The minimum atomic E-state index is 0.447. The molecule has 0 bridgehead atoms. The quantitative estimate of drug-likeness (QED) is 0.810. The third-order valence-corrected chi connectivity index (χ3v) is 3.57. The molecule has 0 saturated heterocycles. The van der Waals surface area contributed by atoms with Gasteiger partial charge >= 0.3 is 0 Å². The van der Waals surface area contributed by atoms with Crippen molar-refractivity contribution in [2.75, 3.05) is 25.0 Å². The summed E-state index contributed by atoms with van der Waals surface area (Å²) in [6.45, 7) is 6.59. The first-order valence-electron chi connectivity index (χ1n) is 6.75. The van der Waals surface area contributed by atoms with E-state index in [9.17, 15) is 0 Å². The van der Waals surface area contributed by atoms with Crippen molar-refractivity contribution in [3.63, 3.8) is 0 Å². The second kappa shape index (κ2) is 5.54. The molecule has 0 heterocycles. The lowest BCUT2D eigenvalue weighted by Crippen LogP contribution is -2.20. The van der Waals surface area contributed by atoms with Crippen molar-refractivity contribution in [2.45, 2.75) is 32.7 Å². The van der Waals surface area contributed by atoms with E-state index in [0.717, 1.165) is 12.5 Å². The van der Waals surface area contributed by atoms with Crippen LogP contribution < -0.4 is 10.2 Å². The summed E-state index contributed by atoms with van der Waals surface area (Å²) < 4.78 is 0. The van der Waals surface area contributed by atoms with Crippen LogP contribution in [0.2, 0.25) is 0 Å². The Bertz CT molecular complexity index is 340. The van der Waals surface area contributed by atoms with E-state index < -0.39 is 0 Å². The van der Waals surface area contributed by atoms with Gasteiger partial charge < -0.3 is 10.2 Å². The first-order chi connectivity index (χ1) is 8.20. The van der Waals surface area contributed by atoms with Gasteiger partial charge in [0.05, 0.1) is 0 Å². The predicted molar refractivity (Wildman–Crippen MR) is 74.5 cm³/mol. The van der Waals surface area contributed by atoms with Crippen molar-refractivity contribution in [1.82, 2.24) is 5.32 Å². The molecule has 1 saturated carbocycles. The van der Waals surface area contributed by atoms with Crippen molar-refractivity contribution in [3.05, 3.63) is 29.8 Å². The highest BCUT2D eigenvalue weighted by atomic mass is 15.1. The van der Waals surface area contributed by atoms with Crippen LogP contribution in [0.5, 0.6) is 0 Å². The molecule has 0 spiro atoms. The van der Waals surface area contributed by atoms with Crippen LogP contribution in [0.3, 0.4) is 0 Å². The van der Waals surface area contributed by atoms with Gasteiger partial charge in [0.15, 0.2) is 0 Å². The molecule has 17 heavy (non-hydrogen) atoms. The zero-order chi connectivity index (χ0) is 12.3. The number of rotatable bonds is 6. The summed E-state index contributed by atoms with van der Waals surface area (Å²) in [4.78, 5) is 2.37. The molecule has 0 aliphatic heterocycles. The van der Waals surface area contributed by atoms with Crippen LogP contribution in [0, 0.1) is 5.92 Å². The highest BCUT2D eigenvalue weighted by molar-refractivity contribution is 5.47. The Morgan fingerprint density at radius 2 is 1.94 bits per heavy atom. The monoisotopic (exact) mass is 232 g/mol. The van der Waals surface area contributed by atoms with E-state index >= 15 is 0 Å². The van der Waals surface area contributed by atoms with E-state index in [4.69, 9.17) is 0 Å². The molecule has 2 rings (SSSR count). The second-order valence-electron chi connectivity index (χ2n) is 5.19. The zero-order valence-corrected chi connectivity index (χ0v) is 11.2. The third-order valence-electron chi connectivity index (χ3n) is 3.57. The Labute approximate surface area is 105 Å². The van der Waals surface area contributed by atoms with E-state index in [-0.39, 0.29) is 0 Å². The van der Waals surface area contributed by atoms with Crippen LogP contribution in [0.1, 0.15) is 38.3 Å². The van der Waals surface area contributed by atoms with E-state index in [1.165, 1.54) is 30.6 Å². The fourth-order valence-corrected chi connectivity index (χ4v) is 2.23. The third kappa shape index (κ3) is 3.47. The smallest absolute Gasteiger partial charge is 0.0363 e. The lowest BCUT2D eigenvalue weighted by molar-refractivity contribution is 0.598. The largest absolute Gasteiger partial charge is 0.374 e. The summed E-state index contributed by atoms with van der Waals surface area (Å²) in [7, 11) is 2.20. The molecule has 94 valence electrons. The van der Waals surface area contributed by atoms with Gasteiger partial charge in [-0.3, -0.25) is 0 Å². The molecular weight excluding hydrogens is 208 g/mol. The molecular formula is C15H24N2. The fourth-order valence-electron chi connectivity index (χ4n) is 2.23. The molecule has 1 N–H and O–H groups in total. The van der Waals surface area contributed by atoms with Gasteiger partial charge in [-0.25, -0.2) is 0 Å². The predicted octanol–water partition coefficient (Wildman–Crippen LogP) is 3.20. The van der Waals surface area contributed by atoms with Crippen LogP contribution in [0.4, 0.5) is 5.69 Å². The fraction of sp³-hybridized carbons (Fsp3) is 0.600. The first-order valence-corrected chi connectivity index (χ1v) is 6.75. The molecule has 1 fully saturated rings. The van der Waals surface area contributed by atoms with Gasteiger partial charge in [-0.1, -0.05) is 19.1 Å². The Hall–Kier alpha value is -1.02. The number of benzene rings is 1. The van der Waals surface area contributed by atoms with Crippen LogP contribution in [0.25, 0.3) is 0 Å². The second-order valence-corrected chi connectivity index (χ2v) is 5.19. The van der Waals surface area contributed by atoms with Crippen LogP contribution in [-0.4, -0.2) is 20.1 Å². The maximum atomic E-state index is 3.44. The van der Waals surface area contributed by atoms with Crippen LogP contribution in [0.15, 0.2) is 24.3 Å². The minimum absolute atomic E-state index is 0.447. The van der Waals surface area contributed by atoms with Gasteiger partial charge in [-0.2, -0.15) is 0 Å². The number of hydrogen-bond donors (Lipinski definition) is 1. The number of anilines is 1. The summed E-state index contributed by atoms with van der Waals surface area (Å²) in [5.74, 6) is 0.945. The molecule has 1 aromatic rings. The lowest BCUT2D eigenvalue weighted by atomic mass is 10.1. The van der Waals surface area contributed by atoms with Gasteiger partial charge in [0, 0.05) is 25.3 Å². The van der Waals surface area contributed by atoms with Crippen molar-refractivity contribution >= 4 is 5.69 Å². The molecule has 2 heteroatoms. The van der Waals surface area contributed by atoms with Crippen molar-refractivity contribution in [2.24, 2.45) is 5.92 Å². The van der Waals surface area contributed by atoms with Crippen molar-refractivity contribution in [1.29, 1.82) is 0 Å². The van der Waals surface area contributed by atoms with Crippen molar-refractivity contribution < 1.29 is 0 Å². The summed E-state index contributed by atoms with van der Waals surface area (Å²) in [5, 5.41) is 3.44. The zero-order valence-electron chi connectivity index (χ0n) is 11.2. The van der Waals surface area contributed by atoms with Crippen molar-refractivity contribution in [3.8, 4) is 0 Å². The molecule has 1 aromatic carbocycles. The highest BCUT2D eigenvalue weighted by Crippen LogP contribution is 2.31. The molecule has 1 unspecified atom stereocenters. The maximum Gasteiger partial charge on any atom is 0.0363 e. The number of nitrogens with zero attached hydrogens (tertiary/aromatic N) is 1. The van der Waals surface area contributed by atoms with Gasteiger partial charge in [0.25, 0.3) is 0 Å². The molecule has 0 aromatic heterocycles. The molecule has 0 radical (unpaired) electrons. The minimum Gasteiger partial charge on any atom is -0.374 e. The molecule has 0 amide bonds. The topological polar surface area (TPSA) is 15.3 Å². The average Bonchev–Trinajstić information content (AvgIpc) is 3.13. The number of hydrogen-bond acceptors (Lipinski definition) is 2. The lowest BCUT2D eigenvalue weighted by Gasteiger charge is -2.20.